The fraction of sp³-hybridized carbons (Fsp3) is 0.222. The van der Waals surface area contributed by atoms with Crippen LogP contribution in [0, 0.1) is 0 Å². The van der Waals surface area contributed by atoms with Crippen molar-refractivity contribution in [3.8, 4) is 5.75 Å². The van der Waals surface area contributed by atoms with Crippen LogP contribution >= 0.6 is 0 Å². The second-order valence-corrected chi connectivity index (χ2v) is 4.96. The van der Waals surface area contributed by atoms with Gasteiger partial charge in [0.25, 0.3) is 0 Å². The van der Waals surface area contributed by atoms with Crippen LogP contribution in [0.5, 0.6) is 5.75 Å². The van der Waals surface area contributed by atoms with E-state index in [2.05, 4.69) is 0 Å². The average molecular weight is 282 g/mol. The molecule has 3 nitrogen and oxygen atoms in total. The van der Waals surface area contributed by atoms with E-state index in [1.165, 1.54) is 0 Å². The number of rotatable bonds is 4. The molecule has 0 saturated carbocycles. The normalized spacial score (nSPS) is 12.5. The predicted molar refractivity (Wildman–Crippen MR) is 82.6 cm³/mol. The van der Waals surface area contributed by atoms with Crippen LogP contribution in [0.1, 0.15) is 29.9 Å². The first kappa shape index (κ1) is 13.7. The standard InChI is InChI=1S/C18H18O3/c1-3-16-15(10-11-21-16)18(19)14-8-9-17(20-2)13-7-5-4-6-12(13)14/h4-11,18-19H,3H2,1-2H3. The molecule has 0 fully saturated rings. The van der Waals surface area contributed by atoms with Gasteiger partial charge in [-0.3, -0.25) is 0 Å². The largest absolute Gasteiger partial charge is 0.496 e. The minimum Gasteiger partial charge on any atom is -0.496 e. The molecule has 1 N–H and O–H groups in total. The molecule has 0 saturated heterocycles. The number of aryl methyl sites for hydroxylation is 1. The quantitative estimate of drug-likeness (QED) is 0.784. The topological polar surface area (TPSA) is 42.6 Å². The lowest BCUT2D eigenvalue weighted by Crippen LogP contribution is -2.02. The zero-order valence-electron chi connectivity index (χ0n) is 12.2. The Morgan fingerprint density at radius 1 is 1.05 bits per heavy atom. The molecule has 0 aliphatic heterocycles. The highest BCUT2D eigenvalue weighted by atomic mass is 16.5. The Labute approximate surface area is 123 Å². The van der Waals surface area contributed by atoms with Crippen molar-refractivity contribution in [2.45, 2.75) is 19.4 Å². The maximum atomic E-state index is 10.8. The van der Waals surface area contributed by atoms with E-state index in [1.54, 1.807) is 13.4 Å². The fourth-order valence-corrected chi connectivity index (χ4v) is 2.76. The van der Waals surface area contributed by atoms with Crippen molar-refractivity contribution in [2.24, 2.45) is 0 Å². The number of hydrogen-bond acceptors (Lipinski definition) is 3. The summed E-state index contributed by atoms with van der Waals surface area (Å²) >= 11 is 0. The van der Waals surface area contributed by atoms with Crippen LogP contribution in [-0.2, 0) is 6.42 Å². The predicted octanol–water partition coefficient (Wildman–Crippen LogP) is 4.09. The summed E-state index contributed by atoms with van der Waals surface area (Å²) in [6.07, 6.45) is 1.69. The minimum absolute atomic E-state index is 0.700. The first-order valence-corrected chi connectivity index (χ1v) is 7.06. The van der Waals surface area contributed by atoms with E-state index in [0.717, 1.165) is 39.8 Å². The van der Waals surface area contributed by atoms with Gasteiger partial charge in [0.15, 0.2) is 0 Å². The Morgan fingerprint density at radius 3 is 2.52 bits per heavy atom. The van der Waals surface area contributed by atoms with Gasteiger partial charge in [-0.15, -0.1) is 0 Å². The van der Waals surface area contributed by atoms with Gasteiger partial charge in [0.05, 0.1) is 13.4 Å². The van der Waals surface area contributed by atoms with Crippen LogP contribution in [0.15, 0.2) is 53.1 Å². The Kier molecular flexibility index (Phi) is 3.67. The number of furan rings is 1. The molecule has 0 aliphatic carbocycles. The van der Waals surface area contributed by atoms with Crippen molar-refractivity contribution >= 4 is 10.8 Å². The highest BCUT2D eigenvalue weighted by molar-refractivity contribution is 5.91. The third kappa shape index (κ3) is 2.30. The van der Waals surface area contributed by atoms with Crippen LogP contribution in [0.2, 0.25) is 0 Å². The Morgan fingerprint density at radius 2 is 1.81 bits per heavy atom. The van der Waals surface area contributed by atoms with Crippen LogP contribution in [0.3, 0.4) is 0 Å². The van der Waals surface area contributed by atoms with Crippen molar-refractivity contribution in [1.29, 1.82) is 0 Å². The summed E-state index contributed by atoms with van der Waals surface area (Å²) < 4.78 is 10.8. The van der Waals surface area contributed by atoms with Gasteiger partial charge in [0, 0.05) is 17.4 Å². The number of fused-ring (bicyclic) bond motifs is 1. The molecule has 1 unspecified atom stereocenters. The van der Waals surface area contributed by atoms with Crippen molar-refractivity contribution in [3.63, 3.8) is 0 Å². The molecule has 1 aromatic heterocycles. The van der Waals surface area contributed by atoms with Gasteiger partial charge >= 0.3 is 0 Å². The van der Waals surface area contributed by atoms with Crippen molar-refractivity contribution in [2.75, 3.05) is 7.11 Å². The maximum Gasteiger partial charge on any atom is 0.126 e. The Hall–Kier alpha value is -2.26. The first-order chi connectivity index (χ1) is 10.3. The van der Waals surface area contributed by atoms with Gasteiger partial charge in [-0.1, -0.05) is 37.3 Å². The highest BCUT2D eigenvalue weighted by Gasteiger charge is 2.19. The van der Waals surface area contributed by atoms with E-state index < -0.39 is 6.10 Å². The summed E-state index contributed by atoms with van der Waals surface area (Å²) in [6, 6.07) is 13.6. The van der Waals surface area contributed by atoms with Gasteiger partial charge in [-0.05, 0) is 23.1 Å². The smallest absolute Gasteiger partial charge is 0.126 e. The molecule has 108 valence electrons. The van der Waals surface area contributed by atoms with Crippen LogP contribution in [0.25, 0.3) is 10.8 Å². The van der Waals surface area contributed by atoms with E-state index in [4.69, 9.17) is 9.15 Å². The molecule has 3 aromatic rings. The Balaban J connectivity index is 2.17. The molecule has 2 aromatic carbocycles. The molecule has 0 amide bonds. The van der Waals surface area contributed by atoms with Crippen LogP contribution < -0.4 is 4.74 Å². The van der Waals surface area contributed by atoms with E-state index in [-0.39, 0.29) is 0 Å². The molecule has 21 heavy (non-hydrogen) atoms. The first-order valence-electron chi connectivity index (χ1n) is 7.06. The van der Waals surface area contributed by atoms with E-state index in [0.29, 0.717) is 0 Å². The number of hydrogen-bond donors (Lipinski definition) is 1. The molecule has 3 rings (SSSR count). The third-order valence-electron chi connectivity index (χ3n) is 3.83. The molecular weight excluding hydrogens is 264 g/mol. The minimum atomic E-state index is -0.700. The SMILES string of the molecule is CCc1occc1C(O)c1ccc(OC)c2ccccc12. The summed E-state index contributed by atoms with van der Waals surface area (Å²) in [6.45, 7) is 2.02. The number of aliphatic hydroxyl groups excluding tert-OH is 1. The highest BCUT2D eigenvalue weighted by Crippen LogP contribution is 2.35. The van der Waals surface area contributed by atoms with E-state index in [1.807, 2.05) is 49.4 Å². The number of benzene rings is 2. The molecule has 0 spiro atoms. The number of ether oxygens (including phenoxy) is 1. The maximum absolute atomic E-state index is 10.8. The molecule has 0 bridgehead atoms. The zero-order valence-corrected chi connectivity index (χ0v) is 12.2. The lowest BCUT2D eigenvalue weighted by molar-refractivity contribution is 0.219. The van der Waals surface area contributed by atoms with Crippen molar-refractivity contribution in [1.82, 2.24) is 0 Å². The van der Waals surface area contributed by atoms with Gasteiger partial charge in [0.2, 0.25) is 0 Å². The van der Waals surface area contributed by atoms with Crippen LogP contribution in [0.4, 0.5) is 0 Å². The molecule has 1 heterocycles. The second kappa shape index (κ2) is 5.62. The lowest BCUT2D eigenvalue weighted by atomic mass is 9.95. The lowest BCUT2D eigenvalue weighted by Gasteiger charge is -2.15. The summed E-state index contributed by atoms with van der Waals surface area (Å²) in [5.74, 6) is 1.63. The average Bonchev–Trinajstić information content (AvgIpc) is 3.01. The van der Waals surface area contributed by atoms with Gasteiger partial charge in [0.1, 0.15) is 17.6 Å². The van der Waals surface area contributed by atoms with Gasteiger partial charge in [-0.25, -0.2) is 0 Å². The van der Waals surface area contributed by atoms with Gasteiger partial charge in [-0.2, -0.15) is 0 Å². The molecule has 0 aliphatic rings. The fourth-order valence-electron chi connectivity index (χ4n) is 2.76. The number of aliphatic hydroxyl groups is 1. The second-order valence-electron chi connectivity index (χ2n) is 4.96. The van der Waals surface area contributed by atoms with E-state index in [9.17, 15) is 5.11 Å². The van der Waals surface area contributed by atoms with E-state index >= 15 is 0 Å². The molecule has 1 atom stereocenters. The summed E-state index contributed by atoms with van der Waals surface area (Å²) in [4.78, 5) is 0. The molecule has 3 heteroatoms. The summed E-state index contributed by atoms with van der Waals surface area (Å²) in [7, 11) is 1.66. The monoisotopic (exact) mass is 282 g/mol. The van der Waals surface area contributed by atoms with Gasteiger partial charge < -0.3 is 14.3 Å². The molecular formula is C18H18O3. The van der Waals surface area contributed by atoms with Crippen molar-refractivity contribution in [3.05, 3.63) is 65.6 Å². The summed E-state index contributed by atoms with van der Waals surface area (Å²) in [5, 5.41) is 12.7. The molecule has 0 radical (unpaired) electrons. The number of methoxy groups -OCH3 is 1. The van der Waals surface area contributed by atoms with Crippen molar-refractivity contribution < 1.29 is 14.3 Å². The Bertz CT molecular complexity index is 758. The summed E-state index contributed by atoms with van der Waals surface area (Å²) in [5.41, 5.74) is 1.69. The van der Waals surface area contributed by atoms with Crippen LogP contribution in [-0.4, -0.2) is 12.2 Å². The third-order valence-corrected chi connectivity index (χ3v) is 3.83. The zero-order chi connectivity index (χ0) is 14.8.